The van der Waals surface area contributed by atoms with Gasteiger partial charge in [-0.2, -0.15) is 0 Å². The fraction of sp³-hybridized carbons (Fsp3) is 0.611. The summed E-state index contributed by atoms with van der Waals surface area (Å²) in [7, 11) is 0. The summed E-state index contributed by atoms with van der Waals surface area (Å²) >= 11 is 0. The maximum Gasteiger partial charge on any atom is 0.222 e. The van der Waals surface area contributed by atoms with Crippen molar-refractivity contribution in [3.8, 4) is 0 Å². The van der Waals surface area contributed by atoms with Gasteiger partial charge in [0.25, 0.3) is 0 Å². The number of rotatable bonds is 7. The molecule has 1 aromatic carbocycles. The highest BCUT2D eigenvalue weighted by Gasteiger charge is 2.23. The molecule has 0 aromatic heterocycles. The third kappa shape index (κ3) is 5.43. The molecule has 1 fully saturated rings. The van der Waals surface area contributed by atoms with E-state index in [1.54, 1.807) is 0 Å². The Morgan fingerprint density at radius 1 is 1.36 bits per heavy atom. The highest BCUT2D eigenvalue weighted by atomic mass is 16.5. The average Bonchev–Trinajstić information content (AvgIpc) is 2.99. The molecule has 1 aliphatic heterocycles. The van der Waals surface area contributed by atoms with Crippen molar-refractivity contribution < 1.29 is 9.53 Å². The first kappa shape index (κ1) is 17.0. The first-order chi connectivity index (χ1) is 10.5. The first-order valence-corrected chi connectivity index (χ1v) is 8.17. The SMILES string of the molecule is C[C@@H](NC(C)(C)CNC(=O)C[C@H]1CCCO1)c1ccccc1. The highest BCUT2D eigenvalue weighted by molar-refractivity contribution is 5.76. The maximum absolute atomic E-state index is 12.0. The lowest BCUT2D eigenvalue weighted by Crippen LogP contribution is -2.50. The normalized spacial score (nSPS) is 19.9. The Hall–Kier alpha value is -1.39. The van der Waals surface area contributed by atoms with Crippen molar-refractivity contribution in [3.05, 3.63) is 35.9 Å². The number of hydrogen-bond donors (Lipinski definition) is 2. The van der Waals surface area contributed by atoms with E-state index in [9.17, 15) is 4.79 Å². The summed E-state index contributed by atoms with van der Waals surface area (Å²) < 4.78 is 5.50. The van der Waals surface area contributed by atoms with E-state index in [4.69, 9.17) is 4.74 Å². The number of carbonyl (C=O) groups excluding carboxylic acids is 1. The molecule has 1 amide bonds. The minimum absolute atomic E-state index is 0.0779. The molecule has 4 nitrogen and oxygen atoms in total. The van der Waals surface area contributed by atoms with Crippen molar-refractivity contribution in [1.82, 2.24) is 10.6 Å². The molecule has 122 valence electrons. The van der Waals surface area contributed by atoms with Gasteiger partial charge in [0.05, 0.1) is 12.5 Å². The molecule has 0 bridgehead atoms. The summed E-state index contributed by atoms with van der Waals surface area (Å²) in [5.41, 5.74) is 1.09. The lowest BCUT2D eigenvalue weighted by Gasteiger charge is -2.31. The Labute approximate surface area is 133 Å². The standard InChI is InChI=1S/C18H28N2O2/c1-14(15-8-5-4-6-9-15)20-18(2,3)13-19-17(21)12-16-10-7-11-22-16/h4-6,8-9,14,16,20H,7,10-13H2,1-3H3,(H,19,21)/t14-,16-/m1/s1. The maximum atomic E-state index is 12.0. The molecule has 1 aliphatic rings. The third-order valence-corrected chi connectivity index (χ3v) is 4.07. The van der Waals surface area contributed by atoms with E-state index in [2.05, 4.69) is 43.5 Å². The summed E-state index contributed by atoms with van der Waals surface area (Å²) in [5.74, 6) is 0.0779. The van der Waals surface area contributed by atoms with E-state index in [1.807, 2.05) is 18.2 Å². The van der Waals surface area contributed by atoms with Gasteiger partial charge >= 0.3 is 0 Å². The van der Waals surface area contributed by atoms with Crippen LogP contribution in [-0.2, 0) is 9.53 Å². The van der Waals surface area contributed by atoms with Gasteiger partial charge in [-0.3, -0.25) is 4.79 Å². The molecule has 1 aromatic rings. The molecule has 0 unspecified atom stereocenters. The number of carbonyl (C=O) groups is 1. The van der Waals surface area contributed by atoms with Crippen LogP contribution in [0.15, 0.2) is 30.3 Å². The minimum atomic E-state index is -0.165. The zero-order valence-corrected chi connectivity index (χ0v) is 13.9. The van der Waals surface area contributed by atoms with Crippen LogP contribution in [0.3, 0.4) is 0 Å². The van der Waals surface area contributed by atoms with Crippen LogP contribution in [0.4, 0.5) is 0 Å². The van der Waals surface area contributed by atoms with Gasteiger partial charge in [0.1, 0.15) is 0 Å². The smallest absolute Gasteiger partial charge is 0.222 e. The lowest BCUT2D eigenvalue weighted by molar-refractivity contribution is -0.123. The predicted octanol–water partition coefficient (Wildman–Crippen LogP) is 2.80. The molecule has 2 atom stereocenters. The van der Waals surface area contributed by atoms with Gasteiger partial charge in [0, 0.05) is 24.7 Å². The second kappa shape index (κ2) is 7.75. The highest BCUT2D eigenvalue weighted by Crippen LogP contribution is 2.17. The fourth-order valence-electron chi connectivity index (χ4n) is 2.87. The van der Waals surface area contributed by atoms with Crippen molar-refractivity contribution in [2.75, 3.05) is 13.2 Å². The second-order valence-corrected chi connectivity index (χ2v) is 6.78. The van der Waals surface area contributed by atoms with E-state index >= 15 is 0 Å². The van der Waals surface area contributed by atoms with Crippen LogP contribution >= 0.6 is 0 Å². The second-order valence-electron chi connectivity index (χ2n) is 6.78. The summed E-state index contributed by atoms with van der Waals surface area (Å²) in [6.07, 6.45) is 2.66. The largest absolute Gasteiger partial charge is 0.378 e. The number of hydrogen-bond acceptors (Lipinski definition) is 3. The van der Waals surface area contributed by atoms with Crippen LogP contribution < -0.4 is 10.6 Å². The molecular weight excluding hydrogens is 276 g/mol. The summed E-state index contributed by atoms with van der Waals surface area (Å²) in [4.78, 5) is 12.0. The number of benzene rings is 1. The third-order valence-electron chi connectivity index (χ3n) is 4.07. The van der Waals surface area contributed by atoms with E-state index in [1.165, 1.54) is 5.56 Å². The van der Waals surface area contributed by atoms with Gasteiger partial charge in [0.15, 0.2) is 0 Å². The summed E-state index contributed by atoms with van der Waals surface area (Å²) in [6.45, 7) is 7.76. The van der Waals surface area contributed by atoms with Crippen molar-refractivity contribution in [1.29, 1.82) is 0 Å². The molecule has 4 heteroatoms. The van der Waals surface area contributed by atoms with Crippen molar-refractivity contribution >= 4 is 5.91 Å². The predicted molar refractivity (Wildman–Crippen MR) is 88.7 cm³/mol. The Bertz CT molecular complexity index is 467. The molecule has 2 N–H and O–H groups in total. The van der Waals surface area contributed by atoms with Crippen LogP contribution in [-0.4, -0.2) is 30.7 Å². The molecule has 0 spiro atoms. The Morgan fingerprint density at radius 3 is 2.73 bits per heavy atom. The van der Waals surface area contributed by atoms with Crippen LogP contribution in [0, 0.1) is 0 Å². The van der Waals surface area contributed by atoms with Crippen LogP contribution in [0.25, 0.3) is 0 Å². The average molecular weight is 304 g/mol. The van der Waals surface area contributed by atoms with Gasteiger partial charge in [-0.05, 0) is 39.2 Å². The topological polar surface area (TPSA) is 50.4 Å². The Morgan fingerprint density at radius 2 is 2.09 bits per heavy atom. The minimum Gasteiger partial charge on any atom is -0.378 e. The monoisotopic (exact) mass is 304 g/mol. The van der Waals surface area contributed by atoms with E-state index in [0.717, 1.165) is 19.4 Å². The fourth-order valence-corrected chi connectivity index (χ4v) is 2.87. The van der Waals surface area contributed by atoms with Crippen molar-refractivity contribution in [2.45, 2.75) is 57.7 Å². The number of amides is 1. The molecular formula is C18H28N2O2. The first-order valence-electron chi connectivity index (χ1n) is 8.17. The Kier molecular flexibility index (Phi) is 5.98. The van der Waals surface area contributed by atoms with Gasteiger partial charge < -0.3 is 15.4 Å². The van der Waals surface area contributed by atoms with Crippen LogP contribution in [0.5, 0.6) is 0 Å². The molecule has 1 heterocycles. The quantitative estimate of drug-likeness (QED) is 0.814. The molecule has 2 rings (SSSR count). The van der Waals surface area contributed by atoms with Gasteiger partial charge in [-0.1, -0.05) is 30.3 Å². The molecule has 22 heavy (non-hydrogen) atoms. The Balaban J connectivity index is 1.76. The zero-order valence-electron chi connectivity index (χ0n) is 13.9. The van der Waals surface area contributed by atoms with Gasteiger partial charge in [-0.15, -0.1) is 0 Å². The summed E-state index contributed by atoms with van der Waals surface area (Å²) in [5, 5.41) is 6.60. The lowest BCUT2D eigenvalue weighted by atomic mass is 10.0. The molecule has 1 saturated heterocycles. The van der Waals surface area contributed by atoms with Crippen LogP contribution in [0.2, 0.25) is 0 Å². The number of nitrogens with one attached hydrogen (secondary N) is 2. The molecule has 0 radical (unpaired) electrons. The molecule has 0 aliphatic carbocycles. The van der Waals surface area contributed by atoms with Crippen molar-refractivity contribution in [3.63, 3.8) is 0 Å². The summed E-state index contributed by atoms with van der Waals surface area (Å²) in [6, 6.07) is 10.6. The zero-order chi connectivity index (χ0) is 16.0. The number of ether oxygens (including phenoxy) is 1. The molecule has 0 saturated carbocycles. The van der Waals surface area contributed by atoms with E-state index in [-0.39, 0.29) is 23.6 Å². The van der Waals surface area contributed by atoms with Crippen molar-refractivity contribution in [2.24, 2.45) is 0 Å². The van der Waals surface area contributed by atoms with E-state index < -0.39 is 0 Å². The van der Waals surface area contributed by atoms with Gasteiger partial charge in [0.2, 0.25) is 5.91 Å². The van der Waals surface area contributed by atoms with E-state index in [0.29, 0.717) is 13.0 Å². The van der Waals surface area contributed by atoms with Gasteiger partial charge in [-0.25, -0.2) is 0 Å². The van der Waals surface area contributed by atoms with Crippen LogP contribution in [0.1, 0.15) is 51.6 Å².